The first-order valence-electron chi connectivity index (χ1n) is 11.3. The fourth-order valence-electron chi connectivity index (χ4n) is 4.91. The molecule has 3 amide bonds. The zero-order chi connectivity index (χ0) is 29.2. The van der Waals surface area contributed by atoms with Gasteiger partial charge in [0.15, 0.2) is 11.5 Å². The summed E-state index contributed by atoms with van der Waals surface area (Å²) in [7, 11) is 4.31. The van der Waals surface area contributed by atoms with Crippen molar-refractivity contribution in [2.45, 2.75) is 12.1 Å². The summed E-state index contributed by atoms with van der Waals surface area (Å²) in [5.74, 6) is -1.44. The van der Waals surface area contributed by atoms with E-state index in [1.807, 2.05) is 0 Å². The van der Waals surface area contributed by atoms with Gasteiger partial charge in [0.2, 0.25) is 5.75 Å². The number of halogens is 6. The van der Waals surface area contributed by atoms with E-state index in [2.05, 4.69) is 0 Å². The molecule has 0 N–H and O–H groups in total. The Hall–Kier alpha value is -2.59. The van der Waals surface area contributed by atoms with Gasteiger partial charge < -0.3 is 19.1 Å². The predicted molar refractivity (Wildman–Crippen MR) is 154 cm³/mol. The van der Waals surface area contributed by atoms with E-state index in [-0.39, 0.29) is 52.8 Å². The van der Waals surface area contributed by atoms with E-state index in [9.17, 15) is 14.4 Å². The molecule has 0 spiro atoms. The van der Waals surface area contributed by atoms with Crippen LogP contribution < -0.4 is 19.1 Å². The molecule has 1 saturated heterocycles. The third-order valence-electron chi connectivity index (χ3n) is 6.63. The number of fused-ring (bicyclic) bond motifs is 1. The SMILES string of the molecule is COc1cc(C2C(N3C(=O)c4c(Cl)c(Cl)c(Cl)c(Cl)c4C3=O)C(=O)N2c2cc(Cl)cc(Cl)c2)cc(OC)c1OC. The molecule has 14 heteroatoms. The Morgan fingerprint density at radius 1 is 0.600 bits per heavy atom. The van der Waals surface area contributed by atoms with Gasteiger partial charge in [-0.3, -0.25) is 19.3 Å². The molecule has 0 radical (unpaired) electrons. The van der Waals surface area contributed by atoms with Gasteiger partial charge >= 0.3 is 0 Å². The lowest BCUT2D eigenvalue weighted by Gasteiger charge is -2.50. The molecule has 2 unspecified atom stereocenters. The molecule has 0 bridgehead atoms. The number of benzene rings is 3. The zero-order valence-electron chi connectivity index (χ0n) is 20.7. The lowest BCUT2D eigenvalue weighted by Crippen LogP contribution is -2.67. The highest BCUT2D eigenvalue weighted by Crippen LogP contribution is 2.51. The molecule has 8 nitrogen and oxygen atoms in total. The van der Waals surface area contributed by atoms with E-state index in [4.69, 9.17) is 83.8 Å². The third kappa shape index (κ3) is 4.24. The number of hydrogen-bond donors (Lipinski definition) is 0. The van der Waals surface area contributed by atoms with Crippen molar-refractivity contribution in [1.29, 1.82) is 0 Å². The van der Waals surface area contributed by atoms with Gasteiger partial charge in [-0.2, -0.15) is 0 Å². The number of methoxy groups -OCH3 is 3. The van der Waals surface area contributed by atoms with Gasteiger partial charge in [-0.1, -0.05) is 69.6 Å². The van der Waals surface area contributed by atoms with Gasteiger partial charge in [0.05, 0.1) is 58.6 Å². The number of anilines is 1. The first-order valence-corrected chi connectivity index (χ1v) is 13.6. The fourth-order valence-corrected chi connectivity index (χ4v) is 6.44. The summed E-state index contributed by atoms with van der Waals surface area (Å²) < 4.78 is 16.4. The molecule has 1 fully saturated rings. The van der Waals surface area contributed by atoms with Gasteiger partial charge in [-0.15, -0.1) is 0 Å². The van der Waals surface area contributed by atoms with Crippen molar-refractivity contribution in [2.24, 2.45) is 0 Å². The summed E-state index contributed by atoms with van der Waals surface area (Å²) in [6.07, 6.45) is 0. The molecular formula is C26H16Cl6N2O6. The number of amides is 3. The minimum atomic E-state index is -1.34. The quantitative estimate of drug-likeness (QED) is 0.118. The molecule has 2 atom stereocenters. The molecule has 208 valence electrons. The maximum absolute atomic E-state index is 13.8. The van der Waals surface area contributed by atoms with E-state index in [1.165, 1.54) is 44.4 Å². The highest BCUT2D eigenvalue weighted by Gasteiger charge is 2.58. The number of carbonyl (C=O) groups is 3. The van der Waals surface area contributed by atoms with E-state index in [1.54, 1.807) is 12.1 Å². The van der Waals surface area contributed by atoms with Crippen molar-refractivity contribution in [1.82, 2.24) is 4.90 Å². The van der Waals surface area contributed by atoms with Crippen molar-refractivity contribution in [3.05, 3.63) is 77.2 Å². The molecule has 40 heavy (non-hydrogen) atoms. The second kappa shape index (κ2) is 10.7. The average Bonchev–Trinajstić information content (AvgIpc) is 3.17. The molecule has 2 heterocycles. The molecule has 3 aromatic carbocycles. The molecule has 5 rings (SSSR count). The summed E-state index contributed by atoms with van der Waals surface area (Å²) in [6.45, 7) is 0. The van der Waals surface area contributed by atoms with E-state index in [0.717, 1.165) is 4.90 Å². The molecule has 0 aliphatic carbocycles. The monoisotopic (exact) mass is 662 g/mol. The van der Waals surface area contributed by atoms with Crippen LogP contribution in [0, 0.1) is 0 Å². The number of hydrogen-bond acceptors (Lipinski definition) is 6. The Labute approximate surface area is 258 Å². The number of ether oxygens (including phenoxy) is 3. The van der Waals surface area contributed by atoms with Crippen LogP contribution in [0.15, 0.2) is 30.3 Å². The smallest absolute Gasteiger partial charge is 0.264 e. The van der Waals surface area contributed by atoms with Crippen LogP contribution in [0.4, 0.5) is 5.69 Å². The van der Waals surface area contributed by atoms with Gasteiger partial charge in [0.25, 0.3) is 17.7 Å². The maximum Gasteiger partial charge on any atom is 0.264 e. The van der Waals surface area contributed by atoms with Crippen LogP contribution in [-0.4, -0.2) is 50.0 Å². The maximum atomic E-state index is 13.8. The van der Waals surface area contributed by atoms with Gasteiger partial charge in [-0.25, -0.2) is 0 Å². The van der Waals surface area contributed by atoms with Crippen LogP contribution in [0.25, 0.3) is 0 Å². The number of nitrogens with zero attached hydrogens (tertiary/aromatic N) is 2. The normalized spacial score (nSPS) is 18.2. The topological polar surface area (TPSA) is 85.4 Å². The predicted octanol–water partition coefficient (Wildman–Crippen LogP) is 7.39. The first-order chi connectivity index (χ1) is 19.0. The third-order valence-corrected chi connectivity index (χ3v) is 8.87. The summed E-state index contributed by atoms with van der Waals surface area (Å²) in [4.78, 5) is 43.3. The Balaban J connectivity index is 1.70. The lowest BCUT2D eigenvalue weighted by molar-refractivity contribution is -0.130. The van der Waals surface area contributed by atoms with Crippen LogP contribution in [0.3, 0.4) is 0 Å². The summed E-state index contributed by atoms with van der Waals surface area (Å²) in [5, 5.41) is -0.335. The van der Waals surface area contributed by atoms with Crippen molar-refractivity contribution in [3.63, 3.8) is 0 Å². The van der Waals surface area contributed by atoms with Crippen molar-refractivity contribution in [2.75, 3.05) is 26.2 Å². The molecule has 0 saturated carbocycles. The molecular weight excluding hydrogens is 649 g/mol. The number of rotatable bonds is 6. The van der Waals surface area contributed by atoms with E-state index < -0.39 is 29.8 Å². The average molecular weight is 665 g/mol. The van der Waals surface area contributed by atoms with Gasteiger partial charge in [0, 0.05) is 15.7 Å². The standard InChI is InChI=1S/C26H16Cl6N2O6/c1-38-13-4-9(5-14(39-2)23(13)40-3)21-22(26(37)33(21)12-7-10(27)6-11(28)8-12)34-24(35)15-16(25(34)36)18(30)20(32)19(31)17(15)29/h4-8,21-22H,1-3H3. The number of carbonyl (C=O) groups excluding carboxylic acids is 3. The number of β-lactam (4-membered cyclic amide) rings is 1. The zero-order valence-corrected chi connectivity index (χ0v) is 25.2. The minimum absolute atomic E-state index is 0.189. The lowest BCUT2D eigenvalue weighted by atomic mass is 9.86. The van der Waals surface area contributed by atoms with Crippen LogP contribution in [0.2, 0.25) is 30.1 Å². The van der Waals surface area contributed by atoms with E-state index >= 15 is 0 Å². The van der Waals surface area contributed by atoms with Crippen molar-refractivity contribution < 1.29 is 28.6 Å². The van der Waals surface area contributed by atoms with Crippen LogP contribution in [0.5, 0.6) is 17.2 Å². The van der Waals surface area contributed by atoms with Crippen LogP contribution >= 0.6 is 69.6 Å². The molecule has 2 aliphatic rings. The van der Waals surface area contributed by atoms with Crippen LogP contribution in [0.1, 0.15) is 32.3 Å². The highest BCUT2D eigenvalue weighted by molar-refractivity contribution is 6.55. The molecule has 2 aliphatic heterocycles. The Morgan fingerprint density at radius 3 is 1.50 bits per heavy atom. The van der Waals surface area contributed by atoms with Crippen molar-refractivity contribution >= 4 is 93.0 Å². The fraction of sp³-hybridized carbons (Fsp3) is 0.192. The van der Waals surface area contributed by atoms with E-state index in [0.29, 0.717) is 17.0 Å². The minimum Gasteiger partial charge on any atom is -0.493 e. The largest absolute Gasteiger partial charge is 0.493 e. The van der Waals surface area contributed by atoms with Gasteiger partial charge in [-0.05, 0) is 35.9 Å². The summed E-state index contributed by atoms with van der Waals surface area (Å²) >= 11 is 37.4. The first kappa shape index (κ1) is 28.9. The second-order valence-electron chi connectivity index (χ2n) is 8.67. The van der Waals surface area contributed by atoms with Gasteiger partial charge in [0.1, 0.15) is 6.04 Å². The summed E-state index contributed by atoms with van der Waals surface area (Å²) in [6, 6.07) is 5.50. The second-order valence-corrected chi connectivity index (χ2v) is 11.1. The molecule has 0 aromatic heterocycles. The Kier molecular flexibility index (Phi) is 7.72. The number of imide groups is 1. The van der Waals surface area contributed by atoms with Crippen LogP contribution in [-0.2, 0) is 4.79 Å². The molecule has 3 aromatic rings. The van der Waals surface area contributed by atoms with Crippen molar-refractivity contribution in [3.8, 4) is 17.2 Å². The highest BCUT2D eigenvalue weighted by atomic mass is 35.5. The summed E-state index contributed by atoms with van der Waals surface area (Å²) in [5.41, 5.74) is 0.287. The Bertz CT molecular complexity index is 1540. The Morgan fingerprint density at radius 2 is 1.07 bits per heavy atom.